The number of nitrogens with zero attached hydrogens (tertiary/aromatic N) is 1. The molecule has 1 aromatic carbocycles. The number of hydrogen-bond acceptors (Lipinski definition) is 3. The van der Waals surface area contributed by atoms with Crippen LogP contribution in [0, 0.1) is 22.2 Å². The third-order valence-electron chi connectivity index (χ3n) is 4.19. The topological polar surface area (TPSA) is 59.0 Å². The van der Waals surface area contributed by atoms with Crippen LogP contribution in [0.25, 0.3) is 0 Å². The summed E-state index contributed by atoms with van der Waals surface area (Å²) < 4.78 is 6.06. The SMILES string of the molecule is CC1(C)C(N)C(C)(C)C1Oc1ccc(C#N)cc1. The van der Waals surface area contributed by atoms with E-state index in [1.165, 1.54) is 0 Å². The molecule has 1 saturated carbocycles. The predicted octanol–water partition coefficient (Wildman–Crippen LogP) is 2.70. The minimum Gasteiger partial charge on any atom is -0.489 e. The van der Waals surface area contributed by atoms with Crippen LogP contribution in [0.15, 0.2) is 24.3 Å². The van der Waals surface area contributed by atoms with Gasteiger partial charge in [-0.1, -0.05) is 27.7 Å². The van der Waals surface area contributed by atoms with Crippen LogP contribution >= 0.6 is 0 Å². The summed E-state index contributed by atoms with van der Waals surface area (Å²) in [5.41, 5.74) is 6.78. The Kier molecular flexibility index (Phi) is 2.87. The van der Waals surface area contributed by atoms with Crippen LogP contribution in [0.4, 0.5) is 0 Å². The van der Waals surface area contributed by atoms with Crippen LogP contribution in [-0.2, 0) is 0 Å². The van der Waals surface area contributed by atoms with E-state index in [0.29, 0.717) is 5.56 Å². The molecule has 2 N–H and O–H groups in total. The Hall–Kier alpha value is -1.53. The van der Waals surface area contributed by atoms with Gasteiger partial charge in [-0.2, -0.15) is 5.26 Å². The highest BCUT2D eigenvalue weighted by molar-refractivity contribution is 5.35. The first-order chi connectivity index (χ1) is 8.30. The molecule has 0 aromatic heterocycles. The smallest absolute Gasteiger partial charge is 0.119 e. The van der Waals surface area contributed by atoms with Gasteiger partial charge in [0.15, 0.2) is 0 Å². The molecular weight excluding hydrogens is 224 g/mol. The number of nitrogens with two attached hydrogens (primary N) is 1. The summed E-state index contributed by atoms with van der Waals surface area (Å²) in [6, 6.07) is 9.46. The summed E-state index contributed by atoms with van der Waals surface area (Å²) in [5, 5.41) is 8.76. The van der Waals surface area contributed by atoms with Gasteiger partial charge >= 0.3 is 0 Å². The lowest BCUT2D eigenvalue weighted by atomic mass is 9.50. The summed E-state index contributed by atoms with van der Waals surface area (Å²) in [4.78, 5) is 0. The van der Waals surface area contributed by atoms with Gasteiger partial charge in [-0.25, -0.2) is 0 Å². The number of ether oxygens (including phenoxy) is 1. The Bertz CT molecular complexity index is 466. The lowest BCUT2D eigenvalue weighted by Crippen LogP contribution is -2.72. The van der Waals surface area contributed by atoms with Crippen molar-refractivity contribution < 1.29 is 4.74 Å². The van der Waals surface area contributed by atoms with E-state index < -0.39 is 0 Å². The summed E-state index contributed by atoms with van der Waals surface area (Å²) in [6.07, 6.45) is 0.0907. The van der Waals surface area contributed by atoms with E-state index in [-0.39, 0.29) is 23.0 Å². The molecule has 0 radical (unpaired) electrons. The zero-order valence-electron chi connectivity index (χ0n) is 11.4. The molecule has 0 unspecified atom stereocenters. The first kappa shape index (κ1) is 12.9. The van der Waals surface area contributed by atoms with Crippen molar-refractivity contribution >= 4 is 0 Å². The predicted molar refractivity (Wildman–Crippen MR) is 71.1 cm³/mol. The maximum atomic E-state index is 8.76. The highest BCUT2D eigenvalue weighted by Gasteiger charge is 2.61. The Morgan fingerprint density at radius 2 is 1.61 bits per heavy atom. The van der Waals surface area contributed by atoms with Crippen LogP contribution in [0.1, 0.15) is 33.3 Å². The Balaban J connectivity index is 2.16. The molecule has 2 rings (SSSR count). The second kappa shape index (κ2) is 4.00. The fourth-order valence-electron chi connectivity index (χ4n) is 3.20. The lowest BCUT2D eigenvalue weighted by molar-refractivity contribution is -0.155. The minimum absolute atomic E-state index is 0.0304. The molecule has 0 spiro atoms. The zero-order valence-corrected chi connectivity index (χ0v) is 11.4. The normalized spacial score (nSPS) is 28.0. The van der Waals surface area contributed by atoms with Crippen molar-refractivity contribution in [2.45, 2.75) is 39.8 Å². The van der Waals surface area contributed by atoms with Crippen LogP contribution in [0.5, 0.6) is 5.75 Å². The van der Waals surface area contributed by atoms with Crippen LogP contribution in [0.2, 0.25) is 0 Å². The molecule has 0 bridgehead atoms. The molecule has 0 atom stereocenters. The maximum absolute atomic E-state index is 8.76. The monoisotopic (exact) mass is 244 g/mol. The molecule has 1 aliphatic carbocycles. The first-order valence-electron chi connectivity index (χ1n) is 6.22. The van der Waals surface area contributed by atoms with Crippen molar-refractivity contribution in [3.63, 3.8) is 0 Å². The summed E-state index contributed by atoms with van der Waals surface area (Å²) in [5.74, 6) is 0.798. The Morgan fingerprint density at radius 1 is 1.11 bits per heavy atom. The molecule has 1 fully saturated rings. The Labute approximate surface area is 109 Å². The standard InChI is InChI=1S/C15H20N2O/c1-14(2)12(17)15(3,4)13(14)18-11-7-5-10(9-16)6-8-11/h5-8,12-13H,17H2,1-4H3. The number of nitriles is 1. The van der Waals surface area contributed by atoms with Crippen molar-refractivity contribution in [2.24, 2.45) is 16.6 Å². The van der Waals surface area contributed by atoms with E-state index >= 15 is 0 Å². The van der Waals surface area contributed by atoms with E-state index in [4.69, 9.17) is 15.7 Å². The minimum atomic E-state index is -0.0304. The van der Waals surface area contributed by atoms with Gasteiger partial charge in [-0.15, -0.1) is 0 Å². The molecule has 18 heavy (non-hydrogen) atoms. The molecule has 1 aromatic rings. The second-order valence-corrected chi connectivity index (χ2v) is 6.25. The first-order valence-corrected chi connectivity index (χ1v) is 6.22. The zero-order chi connectivity index (χ0) is 13.6. The molecule has 3 heteroatoms. The third kappa shape index (κ3) is 1.77. The maximum Gasteiger partial charge on any atom is 0.119 e. The second-order valence-electron chi connectivity index (χ2n) is 6.25. The average Bonchev–Trinajstić information content (AvgIpc) is 2.35. The van der Waals surface area contributed by atoms with Crippen molar-refractivity contribution in [1.29, 1.82) is 5.26 Å². The Morgan fingerprint density at radius 3 is 2.06 bits per heavy atom. The van der Waals surface area contributed by atoms with Gasteiger partial charge in [0.25, 0.3) is 0 Å². The van der Waals surface area contributed by atoms with E-state index in [9.17, 15) is 0 Å². The summed E-state index contributed by atoms with van der Waals surface area (Å²) in [7, 11) is 0. The van der Waals surface area contributed by atoms with Gasteiger partial charge in [0.1, 0.15) is 11.9 Å². The average molecular weight is 244 g/mol. The molecule has 0 saturated heterocycles. The molecule has 96 valence electrons. The molecule has 1 aliphatic rings. The van der Waals surface area contributed by atoms with Crippen molar-refractivity contribution in [2.75, 3.05) is 0 Å². The van der Waals surface area contributed by atoms with Gasteiger partial charge in [0.2, 0.25) is 0 Å². The van der Waals surface area contributed by atoms with Crippen molar-refractivity contribution in [1.82, 2.24) is 0 Å². The van der Waals surface area contributed by atoms with Gasteiger partial charge in [0, 0.05) is 16.9 Å². The van der Waals surface area contributed by atoms with Crippen molar-refractivity contribution in [3.05, 3.63) is 29.8 Å². The van der Waals surface area contributed by atoms with Crippen LogP contribution in [0.3, 0.4) is 0 Å². The molecule has 0 amide bonds. The van der Waals surface area contributed by atoms with E-state index in [2.05, 4.69) is 33.8 Å². The highest BCUT2D eigenvalue weighted by Crippen LogP contribution is 2.54. The number of rotatable bonds is 2. The fraction of sp³-hybridized carbons (Fsp3) is 0.533. The van der Waals surface area contributed by atoms with Gasteiger partial charge in [-0.3, -0.25) is 0 Å². The summed E-state index contributed by atoms with van der Waals surface area (Å²) in [6.45, 7) is 8.54. The molecule has 0 aliphatic heterocycles. The van der Waals surface area contributed by atoms with Gasteiger partial charge in [0.05, 0.1) is 11.6 Å². The largest absolute Gasteiger partial charge is 0.489 e. The summed E-state index contributed by atoms with van der Waals surface area (Å²) >= 11 is 0. The van der Waals surface area contributed by atoms with Gasteiger partial charge in [-0.05, 0) is 24.3 Å². The number of benzene rings is 1. The quantitative estimate of drug-likeness (QED) is 0.870. The molecular formula is C15H20N2O. The van der Waals surface area contributed by atoms with E-state index in [1.807, 2.05) is 12.1 Å². The van der Waals surface area contributed by atoms with Crippen LogP contribution in [-0.4, -0.2) is 12.1 Å². The fourth-order valence-corrected chi connectivity index (χ4v) is 3.20. The lowest BCUT2D eigenvalue weighted by Gasteiger charge is -2.61. The highest BCUT2D eigenvalue weighted by atomic mass is 16.5. The molecule has 0 heterocycles. The van der Waals surface area contributed by atoms with Crippen molar-refractivity contribution in [3.8, 4) is 11.8 Å². The van der Waals surface area contributed by atoms with E-state index in [1.54, 1.807) is 12.1 Å². The van der Waals surface area contributed by atoms with E-state index in [0.717, 1.165) is 5.75 Å². The van der Waals surface area contributed by atoms with Crippen LogP contribution < -0.4 is 10.5 Å². The number of hydrogen-bond donors (Lipinski definition) is 1. The molecule has 3 nitrogen and oxygen atoms in total. The third-order valence-corrected chi connectivity index (χ3v) is 4.19. The van der Waals surface area contributed by atoms with Gasteiger partial charge < -0.3 is 10.5 Å².